The van der Waals surface area contributed by atoms with Gasteiger partial charge in [-0.3, -0.25) is 10.1 Å². The van der Waals surface area contributed by atoms with Crippen molar-refractivity contribution in [1.82, 2.24) is 10.2 Å². The predicted molar refractivity (Wildman–Crippen MR) is 101 cm³/mol. The Morgan fingerprint density at radius 3 is 2.46 bits per heavy atom. The van der Waals surface area contributed by atoms with Gasteiger partial charge in [-0.1, -0.05) is 36.4 Å². The second-order valence-electron chi connectivity index (χ2n) is 6.62. The van der Waals surface area contributed by atoms with Crippen LogP contribution in [0.5, 0.6) is 11.5 Å². The Balaban J connectivity index is 1.75. The third kappa shape index (κ3) is 4.98. The molecule has 1 N–H and O–H groups in total. The summed E-state index contributed by atoms with van der Waals surface area (Å²) in [6.07, 6.45) is 2.05. The molecule has 1 aliphatic heterocycles. The number of methoxy groups -OCH3 is 1. The van der Waals surface area contributed by atoms with E-state index in [1.54, 1.807) is 12.1 Å². The minimum Gasteiger partial charge on any atom is -0.493 e. The van der Waals surface area contributed by atoms with E-state index in [4.69, 9.17) is 4.74 Å². The molecular weight excluding hydrogens is 366 g/mol. The van der Waals surface area contributed by atoms with Gasteiger partial charge in [0.2, 0.25) is 5.91 Å². The molecular formula is C21H24F2N2O3. The Labute approximate surface area is 163 Å². The van der Waals surface area contributed by atoms with Gasteiger partial charge in [0, 0.05) is 19.6 Å². The summed E-state index contributed by atoms with van der Waals surface area (Å²) in [6, 6.07) is 13.8. The van der Waals surface area contributed by atoms with Crippen molar-refractivity contribution in [2.45, 2.75) is 32.0 Å². The van der Waals surface area contributed by atoms with Crippen LogP contribution in [0, 0.1) is 0 Å². The molecule has 0 spiro atoms. The van der Waals surface area contributed by atoms with Crippen molar-refractivity contribution in [3.05, 3.63) is 59.7 Å². The van der Waals surface area contributed by atoms with Gasteiger partial charge in [-0.15, -0.1) is 0 Å². The maximum absolute atomic E-state index is 13.0. The summed E-state index contributed by atoms with van der Waals surface area (Å²) in [5, 5.41) is 3.30. The summed E-state index contributed by atoms with van der Waals surface area (Å²) in [7, 11) is 1.40. The molecule has 28 heavy (non-hydrogen) atoms. The van der Waals surface area contributed by atoms with Crippen molar-refractivity contribution in [3.63, 3.8) is 0 Å². The molecule has 0 saturated carbocycles. The number of hydrogen-bond acceptors (Lipinski definition) is 4. The zero-order valence-corrected chi connectivity index (χ0v) is 15.7. The summed E-state index contributed by atoms with van der Waals surface area (Å²) in [6.45, 7) is -0.988. The Kier molecular flexibility index (Phi) is 6.81. The van der Waals surface area contributed by atoms with Gasteiger partial charge in [0.15, 0.2) is 11.5 Å². The van der Waals surface area contributed by atoms with Crippen molar-refractivity contribution in [3.8, 4) is 11.5 Å². The standard InChI is InChI=1S/C21H24F2N2O3/c1-27-18-13-15(9-10-17(18)28-21(22)23)14-24-19(16-7-3-2-4-8-16)20(26)25-11-5-6-12-25/h2-4,7-10,13,19,21,24H,5-6,11-12,14H2,1H3/t19-/m1/s1. The first kappa shape index (κ1) is 20.1. The molecule has 1 heterocycles. The molecule has 150 valence electrons. The van der Waals surface area contributed by atoms with E-state index in [-0.39, 0.29) is 17.4 Å². The average molecular weight is 390 g/mol. The molecule has 1 atom stereocenters. The first-order valence-corrected chi connectivity index (χ1v) is 9.27. The summed E-state index contributed by atoms with van der Waals surface area (Å²) in [5.41, 5.74) is 1.69. The summed E-state index contributed by atoms with van der Waals surface area (Å²) in [5.74, 6) is 0.254. The Morgan fingerprint density at radius 2 is 1.82 bits per heavy atom. The summed E-state index contributed by atoms with van der Waals surface area (Å²) < 4.78 is 34.6. The quantitative estimate of drug-likeness (QED) is 0.746. The van der Waals surface area contributed by atoms with Crippen molar-refractivity contribution in [2.75, 3.05) is 20.2 Å². The molecule has 0 unspecified atom stereocenters. The van der Waals surface area contributed by atoms with Crippen LogP contribution in [0.25, 0.3) is 0 Å². The lowest BCUT2D eigenvalue weighted by molar-refractivity contribution is -0.132. The maximum atomic E-state index is 13.0. The van der Waals surface area contributed by atoms with E-state index in [9.17, 15) is 13.6 Å². The van der Waals surface area contributed by atoms with Crippen molar-refractivity contribution >= 4 is 5.91 Å². The van der Waals surface area contributed by atoms with Crippen molar-refractivity contribution in [2.24, 2.45) is 0 Å². The van der Waals surface area contributed by atoms with Gasteiger partial charge in [0.05, 0.1) is 7.11 Å². The number of amides is 1. The van der Waals surface area contributed by atoms with Crippen LogP contribution in [-0.4, -0.2) is 37.6 Å². The van der Waals surface area contributed by atoms with Gasteiger partial charge in [-0.2, -0.15) is 8.78 Å². The number of hydrogen-bond donors (Lipinski definition) is 1. The van der Waals surface area contributed by atoms with Gasteiger partial charge in [-0.25, -0.2) is 0 Å². The van der Waals surface area contributed by atoms with Crippen LogP contribution in [0.2, 0.25) is 0 Å². The summed E-state index contributed by atoms with van der Waals surface area (Å²) >= 11 is 0. The fraction of sp³-hybridized carbons (Fsp3) is 0.381. The predicted octanol–water partition coefficient (Wildman–Crippen LogP) is 3.75. The molecule has 2 aromatic rings. The highest BCUT2D eigenvalue weighted by atomic mass is 19.3. The monoisotopic (exact) mass is 390 g/mol. The van der Waals surface area contributed by atoms with E-state index >= 15 is 0 Å². The van der Waals surface area contributed by atoms with Crippen LogP contribution in [0.4, 0.5) is 8.78 Å². The molecule has 0 aliphatic carbocycles. The zero-order valence-electron chi connectivity index (χ0n) is 15.7. The van der Waals surface area contributed by atoms with Crippen molar-refractivity contribution in [1.29, 1.82) is 0 Å². The Bertz CT molecular complexity index is 780. The number of ether oxygens (including phenoxy) is 2. The van der Waals surface area contributed by atoms with E-state index in [0.717, 1.165) is 37.1 Å². The second kappa shape index (κ2) is 9.50. The Morgan fingerprint density at radius 1 is 1.11 bits per heavy atom. The third-order valence-corrected chi connectivity index (χ3v) is 4.75. The number of nitrogens with one attached hydrogen (secondary N) is 1. The highest BCUT2D eigenvalue weighted by Crippen LogP contribution is 2.30. The first-order chi connectivity index (χ1) is 13.6. The van der Waals surface area contributed by atoms with E-state index in [2.05, 4.69) is 10.1 Å². The van der Waals surface area contributed by atoms with Crippen LogP contribution in [0.15, 0.2) is 48.5 Å². The van der Waals surface area contributed by atoms with E-state index in [1.807, 2.05) is 35.2 Å². The van der Waals surface area contributed by atoms with Crippen LogP contribution in [0.3, 0.4) is 0 Å². The molecule has 0 bridgehead atoms. The first-order valence-electron chi connectivity index (χ1n) is 9.27. The molecule has 1 saturated heterocycles. The molecule has 1 fully saturated rings. The lowest BCUT2D eigenvalue weighted by Crippen LogP contribution is -2.39. The molecule has 1 aliphatic rings. The Hall–Kier alpha value is -2.67. The summed E-state index contributed by atoms with van der Waals surface area (Å²) in [4.78, 5) is 14.9. The molecule has 0 radical (unpaired) electrons. The number of rotatable bonds is 8. The van der Waals surface area contributed by atoms with Gasteiger partial charge < -0.3 is 14.4 Å². The van der Waals surface area contributed by atoms with Gasteiger partial charge >= 0.3 is 6.61 Å². The lowest BCUT2D eigenvalue weighted by atomic mass is 10.0. The number of benzene rings is 2. The van der Waals surface area contributed by atoms with Crippen LogP contribution in [-0.2, 0) is 11.3 Å². The highest BCUT2D eigenvalue weighted by Gasteiger charge is 2.27. The van der Waals surface area contributed by atoms with E-state index < -0.39 is 12.7 Å². The fourth-order valence-corrected chi connectivity index (χ4v) is 3.35. The van der Waals surface area contributed by atoms with Crippen LogP contribution in [0.1, 0.15) is 30.0 Å². The van der Waals surface area contributed by atoms with E-state index in [0.29, 0.717) is 6.54 Å². The number of likely N-dealkylation sites (tertiary alicyclic amines) is 1. The smallest absolute Gasteiger partial charge is 0.387 e. The molecule has 1 amide bonds. The second-order valence-corrected chi connectivity index (χ2v) is 6.62. The van der Waals surface area contributed by atoms with Crippen LogP contribution >= 0.6 is 0 Å². The number of alkyl halides is 2. The molecule has 2 aromatic carbocycles. The molecule has 5 nitrogen and oxygen atoms in total. The van der Waals surface area contributed by atoms with E-state index in [1.165, 1.54) is 13.2 Å². The van der Waals surface area contributed by atoms with Gasteiger partial charge in [0.25, 0.3) is 0 Å². The molecule has 3 rings (SSSR count). The molecule has 7 heteroatoms. The molecule has 0 aromatic heterocycles. The van der Waals surface area contributed by atoms with Gasteiger partial charge in [0.1, 0.15) is 6.04 Å². The van der Waals surface area contributed by atoms with Crippen LogP contribution < -0.4 is 14.8 Å². The minimum atomic E-state index is -2.92. The zero-order chi connectivity index (χ0) is 19.9. The third-order valence-electron chi connectivity index (χ3n) is 4.75. The highest BCUT2D eigenvalue weighted by molar-refractivity contribution is 5.83. The maximum Gasteiger partial charge on any atom is 0.387 e. The lowest BCUT2D eigenvalue weighted by Gasteiger charge is -2.24. The number of halogens is 2. The average Bonchev–Trinajstić information content (AvgIpc) is 3.24. The van der Waals surface area contributed by atoms with Crippen molar-refractivity contribution < 1.29 is 23.0 Å². The number of nitrogens with zero attached hydrogens (tertiary/aromatic N) is 1. The normalized spacial score (nSPS) is 14.9. The number of carbonyl (C=O) groups excluding carboxylic acids is 1. The largest absolute Gasteiger partial charge is 0.493 e. The number of carbonyl (C=O) groups is 1. The SMILES string of the molecule is COc1cc(CN[C@@H](C(=O)N2CCCC2)c2ccccc2)ccc1OC(F)F. The van der Waals surface area contributed by atoms with Gasteiger partial charge in [-0.05, 0) is 36.1 Å². The topological polar surface area (TPSA) is 50.8 Å². The minimum absolute atomic E-state index is 0.0194. The fourth-order valence-electron chi connectivity index (χ4n) is 3.35.